The standard InChI is InChI=1S/C11H11N5O2/c12-11(13)10-4-2-1-3-8(10)6-15-7-9(5-14-15)16(17)18/h1-5,7H,6H2,(H3,12,13). The fraction of sp³-hybridized carbons (Fsp3) is 0.0909. The number of hydrogen-bond acceptors (Lipinski definition) is 4. The van der Waals surface area contributed by atoms with Crippen LogP contribution in [0.15, 0.2) is 36.7 Å². The second-order valence-corrected chi connectivity index (χ2v) is 3.72. The molecule has 1 aromatic heterocycles. The second kappa shape index (κ2) is 4.66. The molecule has 0 unspecified atom stereocenters. The van der Waals surface area contributed by atoms with Gasteiger partial charge in [-0.3, -0.25) is 20.2 Å². The van der Waals surface area contributed by atoms with Crippen molar-refractivity contribution in [2.45, 2.75) is 6.54 Å². The van der Waals surface area contributed by atoms with Gasteiger partial charge in [0.15, 0.2) is 0 Å². The first-order chi connectivity index (χ1) is 8.58. The lowest BCUT2D eigenvalue weighted by molar-refractivity contribution is -0.385. The van der Waals surface area contributed by atoms with Crippen LogP contribution in [-0.4, -0.2) is 20.5 Å². The van der Waals surface area contributed by atoms with Crippen LogP contribution in [0.25, 0.3) is 0 Å². The zero-order valence-corrected chi connectivity index (χ0v) is 9.41. The van der Waals surface area contributed by atoms with Gasteiger partial charge >= 0.3 is 5.69 Å². The number of nitrogens with two attached hydrogens (primary N) is 1. The van der Waals surface area contributed by atoms with Gasteiger partial charge in [0, 0.05) is 5.56 Å². The molecule has 0 spiro atoms. The van der Waals surface area contributed by atoms with E-state index < -0.39 is 4.92 Å². The van der Waals surface area contributed by atoms with Crippen molar-refractivity contribution in [3.05, 3.63) is 57.9 Å². The van der Waals surface area contributed by atoms with Gasteiger partial charge in [-0.2, -0.15) is 5.10 Å². The summed E-state index contributed by atoms with van der Waals surface area (Å²) >= 11 is 0. The van der Waals surface area contributed by atoms with Crippen LogP contribution in [-0.2, 0) is 6.54 Å². The van der Waals surface area contributed by atoms with E-state index in [2.05, 4.69) is 5.10 Å². The zero-order chi connectivity index (χ0) is 13.1. The second-order valence-electron chi connectivity index (χ2n) is 3.72. The molecule has 0 radical (unpaired) electrons. The maximum Gasteiger partial charge on any atom is 0.307 e. The molecule has 0 aliphatic carbocycles. The van der Waals surface area contributed by atoms with Crippen LogP contribution in [0.1, 0.15) is 11.1 Å². The van der Waals surface area contributed by atoms with Gasteiger partial charge in [-0.25, -0.2) is 0 Å². The monoisotopic (exact) mass is 245 g/mol. The molecular formula is C11H11N5O2. The van der Waals surface area contributed by atoms with E-state index >= 15 is 0 Å². The van der Waals surface area contributed by atoms with Crippen molar-refractivity contribution in [2.24, 2.45) is 5.73 Å². The molecule has 0 fully saturated rings. The number of nitrogen functional groups attached to an aromatic ring is 1. The predicted molar refractivity (Wildman–Crippen MR) is 65.4 cm³/mol. The molecule has 2 rings (SSSR count). The molecule has 92 valence electrons. The van der Waals surface area contributed by atoms with Crippen molar-refractivity contribution in [3.8, 4) is 0 Å². The average molecular weight is 245 g/mol. The van der Waals surface area contributed by atoms with Crippen LogP contribution in [0.2, 0.25) is 0 Å². The first-order valence-electron chi connectivity index (χ1n) is 5.17. The summed E-state index contributed by atoms with van der Waals surface area (Å²) in [4.78, 5) is 10.0. The maximum absolute atomic E-state index is 10.5. The Morgan fingerprint density at radius 3 is 2.83 bits per heavy atom. The highest BCUT2D eigenvalue weighted by Gasteiger charge is 2.10. The van der Waals surface area contributed by atoms with Gasteiger partial charge in [-0.05, 0) is 5.56 Å². The van der Waals surface area contributed by atoms with Crippen molar-refractivity contribution in [1.82, 2.24) is 9.78 Å². The zero-order valence-electron chi connectivity index (χ0n) is 9.41. The summed E-state index contributed by atoms with van der Waals surface area (Å²) in [6, 6.07) is 7.14. The lowest BCUT2D eigenvalue weighted by Crippen LogP contribution is -2.15. The van der Waals surface area contributed by atoms with Crippen molar-refractivity contribution >= 4 is 11.5 Å². The molecule has 0 atom stereocenters. The Bertz CT molecular complexity index is 605. The Labute approximate surface area is 103 Å². The summed E-state index contributed by atoms with van der Waals surface area (Å²) < 4.78 is 1.44. The summed E-state index contributed by atoms with van der Waals surface area (Å²) in [7, 11) is 0. The van der Waals surface area contributed by atoms with Gasteiger partial charge in [0.25, 0.3) is 0 Å². The van der Waals surface area contributed by atoms with Gasteiger partial charge in [-0.1, -0.05) is 24.3 Å². The topological polar surface area (TPSA) is 111 Å². The van der Waals surface area contributed by atoms with E-state index in [1.807, 2.05) is 12.1 Å². The number of nitro groups is 1. The highest BCUT2D eigenvalue weighted by atomic mass is 16.6. The lowest BCUT2D eigenvalue weighted by Gasteiger charge is -2.07. The molecule has 0 saturated carbocycles. The molecule has 1 aromatic carbocycles. The first-order valence-corrected chi connectivity index (χ1v) is 5.17. The molecular weight excluding hydrogens is 234 g/mol. The fourth-order valence-corrected chi connectivity index (χ4v) is 1.63. The molecule has 7 heteroatoms. The van der Waals surface area contributed by atoms with Crippen molar-refractivity contribution in [2.75, 3.05) is 0 Å². The van der Waals surface area contributed by atoms with Crippen LogP contribution in [0.5, 0.6) is 0 Å². The number of rotatable bonds is 4. The summed E-state index contributed by atoms with van der Waals surface area (Å²) in [5, 5.41) is 21.9. The minimum absolute atomic E-state index is 0.0349. The summed E-state index contributed by atoms with van der Waals surface area (Å²) in [6.45, 7) is 0.337. The van der Waals surface area contributed by atoms with Crippen LogP contribution in [0, 0.1) is 15.5 Å². The number of hydrogen-bond donors (Lipinski definition) is 2. The van der Waals surface area contributed by atoms with Crippen molar-refractivity contribution in [3.63, 3.8) is 0 Å². The smallest absolute Gasteiger partial charge is 0.307 e. The molecule has 0 amide bonds. The molecule has 0 bridgehead atoms. The number of aromatic nitrogens is 2. The van der Waals surface area contributed by atoms with E-state index in [1.54, 1.807) is 12.1 Å². The third-order valence-corrected chi connectivity index (χ3v) is 2.47. The van der Waals surface area contributed by atoms with Crippen LogP contribution in [0.3, 0.4) is 0 Å². The van der Waals surface area contributed by atoms with Crippen LogP contribution >= 0.6 is 0 Å². The SMILES string of the molecule is N=C(N)c1ccccc1Cn1cc([N+](=O)[O-])cn1. The van der Waals surface area contributed by atoms with E-state index in [0.717, 1.165) is 5.56 Å². The maximum atomic E-state index is 10.5. The number of nitrogens with zero attached hydrogens (tertiary/aromatic N) is 3. The largest absolute Gasteiger partial charge is 0.384 e. The van der Waals surface area contributed by atoms with Gasteiger partial charge in [0.2, 0.25) is 0 Å². The quantitative estimate of drug-likeness (QED) is 0.364. The minimum atomic E-state index is -0.500. The number of benzene rings is 1. The van der Waals surface area contributed by atoms with Gasteiger partial charge in [0.05, 0.1) is 11.5 Å². The normalized spacial score (nSPS) is 10.2. The van der Waals surface area contributed by atoms with Gasteiger partial charge in [-0.15, -0.1) is 0 Å². The lowest BCUT2D eigenvalue weighted by atomic mass is 10.1. The highest BCUT2D eigenvalue weighted by molar-refractivity contribution is 5.96. The first kappa shape index (κ1) is 11.8. The number of amidine groups is 1. The molecule has 1 heterocycles. The van der Waals surface area contributed by atoms with E-state index in [-0.39, 0.29) is 11.5 Å². The van der Waals surface area contributed by atoms with Crippen LogP contribution < -0.4 is 5.73 Å². The summed E-state index contributed by atoms with van der Waals surface area (Å²) in [5.74, 6) is -0.0349. The Kier molecular flexibility index (Phi) is 3.05. The Hall–Kier alpha value is -2.70. The molecule has 0 saturated heterocycles. The highest BCUT2D eigenvalue weighted by Crippen LogP contribution is 2.13. The fourth-order valence-electron chi connectivity index (χ4n) is 1.63. The van der Waals surface area contributed by atoms with Crippen LogP contribution in [0.4, 0.5) is 5.69 Å². The van der Waals surface area contributed by atoms with Crippen molar-refractivity contribution < 1.29 is 4.92 Å². The molecule has 18 heavy (non-hydrogen) atoms. The summed E-state index contributed by atoms with van der Waals surface area (Å²) in [5.41, 5.74) is 6.81. The van der Waals surface area contributed by atoms with Gasteiger partial charge < -0.3 is 5.73 Å². The predicted octanol–water partition coefficient (Wildman–Crippen LogP) is 1.12. The minimum Gasteiger partial charge on any atom is -0.384 e. The Morgan fingerprint density at radius 1 is 1.50 bits per heavy atom. The molecule has 2 aromatic rings. The third-order valence-electron chi connectivity index (χ3n) is 2.47. The van der Waals surface area contributed by atoms with Crippen molar-refractivity contribution in [1.29, 1.82) is 5.41 Å². The van der Waals surface area contributed by atoms with E-state index in [9.17, 15) is 10.1 Å². The molecule has 7 nitrogen and oxygen atoms in total. The Morgan fingerprint density at radius 2 is 2.22 bits per heavy atom. The molecule has 0 aliphatic rings. The molecule has 0 aliphatic heterocycles. The molecule has 3 N–H and O–H groups in total. The van der Waals surface area contributed by atoms with E-state index in [1.165, 1.54) is 17.1 Å². The van der Waals surface area contributed by atoms with Gasteiger partial charge in [0.1, 0.15) is 18.2 Å². The average Bonchev–Trinajstić information content (AvgIpc) is 2.78. The summed E-state index contributed by atoms with van der Waals surface area (Å²) in [6.07, 6.45) is 2.54. The van der Waals surface area contributed by atoms with E-state index in [0.29, 0.717) is 12.1 Å². The Balaban J connectivity index is 2.28. The third kappa shape index (κ3) is 2.34. The number of nitrogens with one attached hydrogen (secondary N) is 1. The van der Waals surface area contributed by atoms with E-state index in [4.69, 9.17) is 11.1 Å².